The molecule has 138 valence electrons. The third kappa shape index (κ3) is 3.40. The predicted molar refractivity (Wildman–Crippen MR) is 100 cm³/mol. The van der Waals surface area contributed by atoms with Crippen molar-refractivity contribution in [3.63, 3.8) is 0 Å². The van der Waals surface area contributed by atoms with Crippen molar-refractivity contribution < 1.29 is 23.5 Å². The molecule has 0 N–H and O–H groups in total. The van der Waals surface area contributed by atoms with Gasteiger partial charge in [0.15, 0.2) is 0 Å². The standard InChI is InChI=1S/C22H19FO4/c1-3-26-21(24)19-14-10-6-5-7-11-15(14)20(22(25)27-4-2)18(19)16-12-8-9-13-17(16)23/h5-13H,3-4H2,1-2H3. The first-order valence-electron chi connectivity index (χ1n) is 8.74. The van der Waals surface area contributed by atoms with Gasteiger partial charge in [0.2, 0.25) is 0 Å². The number of fused-ring (bicyclic) bond motifs is 1. The Labute approximate surface area is 156 Å². The molecule has 0 fully saturated rings. The van der Waals surface area contributed by atoms with Crippen LogP contribution < -0.4 is 0 Å². The Kier molecular flexibility index (Phi) is 5.50. The minimum absolute atomic E-state index is 0.155. The molecule has 0 spiro atoms. The SMILES string of the molecule is CCOC(=O)c1c2cccccc-2c(C(=O)OCC)c1-c1ccccc1F. The Morgan fingerprint density at radius 1 is 0.741 bits per heavy atom. The maximum absolute atomic E-state index is 14.6. The number of hydrogen-bond donors (Lipinski definition) is 0. The lowest BCUT2D eigenvalue weighted by Crippen LogP contribution is -2.09. The highest BCUT2D eigenvalue weighted by Crippen LogP contribution is 2.43. The molecule has 5 heteroatoms. The summed E-state index contributed by atoms with van der Waals surface area (Å²) in [5.74, 6) is -1.75. The van der Waals surface area contributed by atoms with Crippen molar-refractivity contribution in [3.05, 3.63) is 71.5 Å². The van der Waals surface area contributed by atoms with Crippen molar-refractivity contribution in [1.82, 2.24) is 0 Å². The largest absolute Gasteiger partial charge is 0.462 e. The van der Waals surface area contributed by atoms with Crippen molar-refractivity contribution in [2.75, 3.05) is 13.2 Å². The summed E-state index contributed by atoms with van der Waals surface area (Å²) >= 11 is 0. The Morgan fingerprint density at radius 3 is 1.67 bits per heavy atom. The van der Waals surface area contributed by atoms with Crippen LogP contribution >= 0.6 is 0 Å². The van der Waals surface area contributed by atoms with Crippen LogP contribution in [0.1, 0.15) is 34.6 Å². The highest BCUT2D eigenvalue weighted by molar-refractivity contribution is 6.16. The summed E-state index contributed by atoms with van der Waals surface area (Å²) in [4.78, 5) is 25.5. The minimum Gasteiger partial charge on any atom is -0.462 e. The number of halogens is 1. The van der Waals surface area contributed by atoms with Gasteiger partial charge < -0.3 is 9.47 Å². The van der Waals surface area contributed by atoms with Gasteiger partial charge in [-0.2, -0.15) is 0 Å². The molecule has 27 heavy (non-hydrogen) atoms. The van der Waals surface area contributed by atoms with Crippen molar-refractivity contribution in [3.8, 4) is 22.3 Å². The van der Waals surface area contributed by atoms with Gasteiger partial charge in [0.05, 0.1) is 24.3 Å². The number of ether oxygens (including phenoxy) is 2. The van der Waals surface area contributed by atoms with Gasteiger partial charge in [-0.25, -0.2) is 14.0 Å². The lowest BCUT2D eigenvalue weighted by molar-refractivity contribution is 0.0525. The van der Waals surface area contributed by atoms with Gasteiger partial charge in [-0.3, -0.25) is 0 Å². The average molecular weight is 366 g/mol. The molecular formula is C22H19FO4. The topological polar surface area (TPSA) is 52.6 Å². The smallest absolute Gasteiger partial charge is 0.339 e. The number of esters is 2. The fourth-order valence-electron chi connectivity index (χ4n) is 3.14. The van der Waals surface area contributed by atoms with Crippen molar-refractivity contribution >= 4 is 11.9 Å². The first-order valence-corrected chi connectivity index (χ1v) is 8.74. The maximum atomic E-state index is 14.6. The van der Waals surface area contributed by atoms with E-state index in [-0.39, 0.29) is 35.5 Å². The van der Waals surface area contributed by atoms with Gasteiger partial charge in [-0.05, 0) is 31.0 Å². The maximum Gasteiger partial charge on any atom is 0.339 e. The Bertz CT molecular complexity index is 912. The molecule has 0 aliphatic heterocycles. The molecule has 3 rings (SSSR count). The lowest BCUT2D eigenvalue weighted by atomic mass is 9.99. The zero-order valence-corrected chi connectivity index (χ0v) is 15.1. The van der Waals surface area contributed by atoms with Gasteiger partial charge in [0, 0.05) is 11.1 Å². The molecular weight excluding hydrogens is 347 g/mol. The second-order valence-corrected chi connectivity index (χ2v) is 5.78. The summed E-state index contributed by atoms with van der Waals surface area (Å²) in [6, 6.07) is 14.8. The second kappa shape index (κ2) is 7.99. The van der Waals surface area contributed by atoms with Crippen LogP contribution in [0.2, 0.25) is 0 Å². The van der Waals surface area contributed by atoms with Crippen molar-refractivity contribution in [2.24, 2.45) is 0 Å². The number of benzene rings is 1. The van der Waals surface area contributed by atoms with E-state index in [9.17, 15) is 14.0 Å². The molecule has 0 atom stereocenters. The number of rotatable bonds is 5. The van der Waals surface area contributed by atoms with Gasteiger partial charge in [0.1, 0.15) is 5.82 Å². The predicted octanol–water partition coefficient (Wildman–Crippen LogP) is 4.95. The van der Waals surface area contributed by atoms with Crippen molar-refractivity contribution in [1.29, 1.82) is 0 Å². The zero-order valence-electron chi connectivity index (χ0n) is 15.1. The van der Waals surface area contributed by atoms with E-state index < -0.39 is 17.8 Å². The molecule has 1 aromatic rings. The molecule has 0 aromatic heterocycles. The van der Waals surface area contributed by atoms with E-state index in [1.54, 1.807) is 56.3 Å². The zero-order chi connectivity index (χ0) is 19.4. The molecule has 0 amide bonds. The Morgan fingerprint density at radius 2 is 1.19 bits per heavy atom. The highest BCUT2D eigenvalue weighted by atomic mass is 19.1. The Hall–Kier alpha value is -3.21. The van der Waals surface area contributed by atoms with Crippen LogP contribution in [0.15, 0.2) is 54.6 Å². The molecule has 1 aromatic carbocycles. The fraction of sp³-hybridized carbons (Fsp3) is 0.182. The highest BCUT2D eigenvalue weighted by Gasteiger charge is 2.33. The monoisotopic (exact) mass is 366 g/mol. The molecule has 0 bridgehead atoms. The molecule has 0 radical (unpaired) electrons. The average Bonchev–Trinajstić information content (AvgIpc) is 2.78. The van der Waals surface area contributed by atoms with E-state index in [1.807, 2.05) is 0 Å². The summed E-state index contributed by atoms with van der Waals surface area (Å²) < 4.78 is 25.0. The molecule has 2 aliphatic rings. The first-order chi connectivity index (χ1) is 13.1. The summed E-state index contributed by atoms with van der Waals surface area (Å²) in [6.45, 7) is 3.71. The van der Waals surface area contributed by atoms with E-state index >= 15 is 0 Å². The van der Waals surface area contributed by atoms with Gasteiger partial charge in [0.25, 0.3) is 0 Å². The van der Waals surface area contributed by atoms with Crippen LogP contribution in [0.4, 0.5) is 4.39 Å². The summed E-state index contributed by atoms with van der Waals surface area (Å²) in [7, 11) is 0. The van der Waals surface area contributed by atoms with Crippen molar-refractivity contribution in [2.45, 2.75) is 13.8 Å². The van der Waals surface area contributed by atoms with Gasteiger partial charge >= 0.3 is 11.9 Å². The van der Waals surface area contributed by atoms with Crippen LogP contribution in [0, 0.1) is 5.82 Å². The summed E-state index contributed by atoms with van der Waals surface area (Å²) in [6.07, 6.45) is 0. The third-order valence-electron chi connectivity index (χ3n) is 4.18. The minimum atomic E-state index is -0.609. The summed E-state index contributed by atoms with van der Waals surface area (Å²) in [5.41, 5.74) is 1.71. The van der Waals surface area contributed by atoms with E-state index in [0.717, 1.165) is 0 Å². The van der Waals surface area contributed by atoms with Gasteiger partial charge in [-0.1, -0.05) is 48.5 Å². The molecule has 0 heterocycles. The van der Waals surface area contributed by atoms with E-state index in [0.29, 0.717) is 11.1 Å². The Balaban J connectivity index is 2.44. The van der Waals surface area contributed by atoms with Crippen LogP contribution in [-0.2, 0) is 9.47 Å². The molecule has 0 unspecified atom stereocenters. The lowest BCUT2D eigenvalue weighted by Gasteiger charge is -2.09. The fourth-order valence-corrected chi connectivity index (χ4v) is 3.14. The molecule has 2 aliphatic carbocycles. The van der Waals surface area contributed by atoms with Crippen LogP contribution in [0.25, 0.3) is 22.3 Å². The first kappa shape index (κ1) is 18.6. The molecule has 0 saturated heterocycles. The quantitative estimate of drug-likeness (QED) is 0.600. The normalized spacial score (nSPS) is 10.6. The molecule has 4 nitrogen and oxygen atoms in total. The molecule has 0 saturated carbocycles. The number of carbonyl (C=O) groups is 2. The van der Waals surface area contributed by atoms with E-state index in [1.165, 1.54) is 12.1 Å². The summed E-state index contributed by atoms with van der Waals surface area (Å²) in [5, 5.41) is 0. The number of hydrogen-bond acceptors (Lipinski definition) is 4. The van der Waals surface area contributed by atoms with E-state index in [2.05, 4.69) is 0 Å². The van der Waals surface area contributed by atoms with Crippen LogP contribution in [0.5, 0.6) is 0 Å². The van der Waals surface area contributed by atoms with E-state index in [4.69, 9.17) is 9.47 Å². The second-order valence-electron chi connectivity index (χ2n) is 5.78. The van der Waals surface area contributed by atoms with Crippen LogP contribution in [-0.4, -0.2) is 25.2 Å². The third-order valence-corrected chi connectivity index (χ3v) is 4.18. The van der Waals surface area contributed by atoms with Crippen LogP contribution in [0.3, 0.4) is 0 Å². The van der Waals surface area contributed by atoms with Gasteiger partial charge in [-0.15, -0.1) is 0 Å². The number of carbonyl (C=O) groups excluding carboxylic acids is 2.